The fourth-order valence-electron chi connectivity index (χ4n) is 2.19. The number of nitrogens with zero attached hydrogens (tertiary/aromatic N) is 2. The molecule has 21 heavy (non-hydrogen) atoms. The molecule has 1 aromatic heterocycles. The Hall–Kier alpha value is -1.94. The molecule has 2 aromatic rings. The molecule has 0 amide bonds. The number of pyridine rings is 1. The molecular weight excluding hydrogens is 265 g/mol. The molecule has 1 N–H and O–H groups in total. The SMILES string of the molecule is CC(C)NCc1cc(F)cnc1N(C)Cc1ccccc1. The number of halogens is 1. The molecule has 0 radical (unpaired) electrons. The van der Waals surface area contributed by atoms with Crippen molar-refractivity contribution in [2.24, 2.45) is 0 Å². The van der Waals surface area contributed by atoms with Crippen molar-refractivity contribution < 1.29 is 4.39 Å². The second kappa shape index (κ2) is 7.18. The lowest BCUT2D eigenvalue weighted by atomic mass is 10.2. The standard InChI is InChI=1S/C17H22FN3/c1-13(2)19-10-15-9-16(18)11-20-17(15)21(3)12-14-7-5-4-6-8-14/h4-9,11,13,19H,10,12H2,1-3H3. The van der Waals surface area contributed by atoms with E-state index in [1.165, 1.54) is 11.8 Å². The lowest BCUT2D eigenvalue weighted by molar-refractivity contribution is 0.577. The topological polar surface area (TPSA) is 28.2 Å². The van der Waals surface area contributed by atoms with Gasteiger partial charge in [0.1, 0.15) is 11.6 Å². The first kappa shape index (κ1) is 15.4. The highest BCUT2D eigenvalue weighted by molar-refractivity contribution is 5.46. The van der Waals surface area contributed by atoms with Crippen molar-refractivity contribution >= 4 is 5.82 Å². The van der Waals surface area contributed by atoms with Crippen LogP contribution in [0.25, 0.3) is 0 Å². The number of benzene rings is 1. The largest absolute Gasteiger partial charge is 0.355 e. The quantitative estimate of drug-likeness (QED) is 0.883. The first-order chi connectivity index (χ1) is 10.1. The van der Waals surface area contributed by atoms with E-state index in [1.54, 1.807) is 6.07 Å². The molecule has 4 heteroatoms. The first-order valence-corrected chi connectivity index (χ1v) is 7.19. The van der Waals surface area contributed by atoms with Gasteiger partial charge in [0.05, 0.1) is 6.20 Å². The summed E-state index contributed by atoms with van der Waals surface area (Å²) in [6.07, 6.45) is 1.27. The number of hydrogen-bond acceptors (Lipinski definition) is 3. The molecular formula is C17H22FN3. The van der Waals surface area contributed by atoms with Gasteiger partial charge < -0.3 is 10.2 Å². The van der Waals surface area contributed by atoms with Crippen LogP contribution < -0.4 is 10.2 Å². The number of aromatic nitrogens is 1. The lowest BCUT2D eigenvalue weighted by Gasteiger charge is -2.22. The van der Waals surface area contributed by atoms with Gasteiger partial charge in [0.25, 0.3) is 0 Å². The van der Waals surface area contributed by atoms with Crippen LogP contribution in [-0.4, -0.2) is 18.1 Å². The zero-order valence-corrected chi connectivity index (χ0v) is 12.8. The van der Waals surface area contributed by atoms with Crippen LogP contribution >= 0.6 is 0 Å². The third-order valence-corrected chi connectivity index (χ3v) is 3.23. The third-order valence-electron chi connectivity index (χ3n) is 3.23. The summed E-state index contributed by atoms with van der Waals surface area (Å²) in [6, 6.07) is 12.1. The summed E-state index contributed by atoms with van der Waals surface area (Å²) in [4.78, 5) is 6.31. The van der Waals surface area contributed by atoms with Crippen LogP contribution in [0.15, 0.2) is 42.6 Å². The molecule has 0 bridgehead atoms. The predicted octanol–water partition coefficient (Wildman–Crippen LogP) is 3.36. The van der Waals surface area contributed by atoms with E-state index >= 15 is 0 Å². The lowest BCUT2D eigenvalue weighted by Crippen LogP contribution is -2.25. The maximum absolute atomic E-state index is 13.5. The number of nitrogens with one attached hydrogen (secondary N) is 1. The van der Waals surface area contributed by atoms with Crippen molar-refractivity contribution in [1.82, 2.24) is 10.3 Å². The van der Waals surface area contributed by atoms with Gasteiger partial charge in [0.2, 0.25) is 0 Å². The van der Waals surface area contributed by atoms with E-state index in [2.05, 4.69) is 36.3 Å². The summed E-state index contributed by atoms with van der Waals surface area (Å²) in [5.41, 5.74) is 2.08. The molecule has 2 rings (SSSR count). The molecule has 0 spiro atoms. The zero-order chi connectivity index (χ0) is 15.2. The average molecular weight is 287 g/mol. The molecule has 0 aliphatic rings. The molecule has 0 aliphatic carbocycles. The summed E-state index contributed by atoms with van der Waals surface area (Å²) < 4.78 is 13.5. The van der Waals surface area contributed by atoms with E-state index in [-0.39, 0.29) is 5.82 Å². The molecule has 0 unspecified atom stereocenters. The van der Waals surface area contributed by atoms with Crippen LogP contribution in [0.5, 0.6) is 0 Å². The van der Waals surface area contributed by atoms with E-state index in [0.717, 1.165) is 17.9 Å². The van der Waals surface area contributed by atoms with Gasteiger partial charge in [-0.05, 0) is 11.6 Å². The van der Waals surface area contributed by atoms with Gasteiger partial charge in [-0.3, -0.25) is 0 Å². The van der Waals surface area contributed by atoms with Crippen LogP contribution in [0, 0.1) is 5.82 Å². The van der Waals surface area contributed by atoms with Crippen molar-refractivity contribution in [2.45, 2.75) is 33.0 Å². The maximum atomic E-state index is 13.5. The van der Waals surface area contributed by atoms with Gasteiger partial charge in [-0.15, -0.1) is 0 Å². The Balaban J connectivity index is 2.17. The average Bonchev–Trinajstić information content (AvgIpc) is 2.46. The van der Waals surface area contributed by atoms with E-state index < -0.39 is 0 Å². The second-order valence-electron chi connectivity index (χ2n) is 5.51. The van der Waals surface area contributed by atoms with Gasteiger partial charge in [-0.1, -0.05) is 44.2 Å². The minimum atomic E-state index is -0.299. The third kappa shape index (κ3) is 4.53. The fourth-order valence-corrected chi connectivity index (χ4v) is 2.19. The molecule has 1 heterocycles. The molecule has 1 aromatic carbocycles. The highest BCUT2D eigenvalue weighted by Gasteiger charge is 2.11. The Labute approximate surface area is 125 Å². The van der Waals surface area contributed by atoms with Gasteiger partial charge in [0.15, 0.2) is 0 Å². The van der Waals surface area contributed by atoms with Crippen molar-refractivity contribution in [2.75, 3.05) is 11.9 Å². The Bertz CT molecular complexity index is 570. The first-order valence-electron chi connectivity index (χ1n) is 7.19. The Morgan fingerprint density at radius 3 is 2.62 bits per heavy atom. The van der Waals surface area contributed by atoms with Crippen molar-refractivity contribution in [3.8, 4) is 0 Å². The highest BCUT2D eigenvalue weighted by atomic mass is 19.1. The molecule has 0 atom stereocenters. The van der Waals surface area contributed by atoms with Crippen LogP contribution in [0.2, 0.25) is 0 Å². The Morgan fingerprint density at radius 2 is 1.95 bits per heavy atom. The highest BCUT2D eigenvalue weighted by Crippen LogP contribution is 2.19. The summed E-state index contributed by atoms with van der Waals surface area (Å²) in [5, 5.41) is 3.31. The van der Waals surface area contributed by atoms with Gasteiger partial charge >= 0.3 is 0 Å². The van der Waals surface area contributed by atoms with Gasteiger partial charge in [-0.25, -0.2) is 9.37 Å². The van der Waals surface area contributed by atoms with Crippen molar-refractivity contribution in [3.05, 3.63) is 59.5 Å². The van der Waals surface area contributed by atoms with Gasteiger partial charge in [-0.2, -0.15) is 0 Å². The molecule has 112 valence electrons. The van der Waals surface area contributed by atoms with E-state index in [4.69, 9.17) is 0 Å². The Morgan fingerprint density at radius 1 is 1.24 bits per heavy atom. The summed E-state index contributed by atoms with van der Waals surface area (Å²) in [7, 11) is 1.98. The van der Waals surface area contributed by atoms with Crippen molar-refractivity contribution in [1.29, 1.82) is 0 Å². The minimum absolute atomic E-state index is 0.299. The van der Waals surface area contributed by atoms with E-state index in [1.807, 2.05) is 30.1 Å². The van der Waals surface area contributed by atoms with Crippen LogP contribution in [0.3, 0.4) is 0 Å². The summed E-state index contributed by atoms with van der Waals surface area (Å²) in [5.74, 6) is 0.515. The zero-order valence-electron chi connectivity index (χ0n) is 12.8. The molecule has 3 nitrogen and oxygen atoms in total. The van der Waals surface area contributed by atoms with Crippen LogP contribution in [0.1, 0.15) is 25.0 Å². The number of anilines is 1. The Kier molecular flexibility index (Phi) is 5.28. The van der Waals surface area contributed by atoms with Crippen molar-refractivity contribution in [3.63, 3.8) is 0 Å². The number of hydrogen-bond donors (Lipinski definition) is 1. The second-order valence-corrected chi connectivity index (χ2v) is 5.51. The number of rotatable bonds is 6. The smallest absolute Gasteiger partial charge is 0.141 e. The van der Waals surface area contributed by atoms with Gasteiger partial charge in [0, 0.05) is 31.7 Å². The predicted molar refractivity (Wildman–Crippen MR) is 84.7 cm³/mol. The monoisotopic (exact) mass is 287 g/mol. The molecule has 0 saturated heterocycles. The minimum Gasteiger partial charge on any atom is -0.355 e. The molecule has 0 fully saturated rings. The normalized spacial score (nSPS) is 10.9. The molecule has 0 aliphatic heterocycles. The fraction of sp³-hybridized carbons (Fsp3) is 0.353. The van der Waals surface area contributed by atoms with E-state index in [9.17, 15) is 4.39 Å². The summed E-state index contributed by atoms with van der Waals surface area (Å²) >= 11 is 0. The molecule has 0 saturated carbocycles. The summed E-state index contributed by atoms with van der Waals surface area (Å²) in [6.45, 7) is 5.49. The van der Waals surface area contributed by atoms with E-state index in [0.29, 0.717) is 12.6 Å². The van der Waals surface area contributed by atoms with Crippen LogP contribution in [-0.2, 0) is 13.1 Å². The maximum Gasteiger partial charge on any atom is 0.141 e. The van der Waals surface area contributed by atoms with Crippen LogP contribution in [0.4, 0.5) is 10.2 Å².